The predicted octanol–water partition coefficient (Wildman–Crippen LogP) is 2.21. The van der Waals surface area contributed by atoms with Gasteiger partial charge in [-0.1, -0.05) is 11.6 Å². The second kappa shape index (κ2) is 6.59. The Balaban J connectivity index is 1.84. The highest BCUT2D eigenvalue weighted by atomic mass is 79.9. The Hall–Kier alpha value is -0.780. The van der Waals surface area contributed by atoms with Crippen LogP contribution >= 0.6 is 27.5 Å². The minimum Gasteiger partial charge on any atom is -0.480 e. The lowest BCUT2D eigenvalue weighted by Gasteiger charge is -2.27. The maximum absolute atomic E-state index is 11.9. The number of halogens is 2. The van der Waals surface area contributed by atoms with Crippen molar-refractivity contribution in [1.82, 2.24) is 10.6 Å². The first-order valence-corrected chi connectivity index (χ1v) is 7.33. The van der Waals surface area contributed by atoms with E-state index in [9.17, 15) is 4.79 Å². The van der Waals surface area contributed by atoms with Crippen molar-refractivity contribution < 1.29 is 9.53 Å². The molecule has 1 fully saturated rings. The largest absolute Gasteiger partial charge is 0.480 e. The number of carbonyl (C=O) groups excluding carboxylic acids is 1. The molecule has 1 aliphatic heterocycles. The van der Waals surface area contributed by atoms with Gasteiger partial charge in [-0.05, 0) is 41.1 Å². The minimum atomic E-state index is -0.537. The maximum Gasteiger partial charge on any atom is 0.260 e. The van der Waals surface area contributed by atoms with Gasteiger partial charge in [-0.15, -0.1) is 0 Å². The summed E-state index contributed by atoms with van der Waals surface area (Å²) in [4.78, 5) is 11.9. The van der Waals surface area contributed by atoms with Crippen molar-refractivity contribution in [2.75, 3.05) is 19.6 Å². The van der Waals surface area contributed by atoms with Gasteiger partial charge < -0.3 is 15.4 Å². The average molecular weight is 348 g/mol. The number of carbonyl (C=O) groups is 1. The first kappa shape index (κ1) is 14.6. The monoisotopic (exact) mass is 346 g/mol. The van der Waals surface area contributed by atoms with Crippen LogP contribution in [0.5, 0.6) is 5.75 Å². The summed E-state index contributed by atoms with van der Waals surface area (Å²) < 4.78 is 6.35. The Morgan fingerprint density at radius 3 is 2.95 bits per heavy atom. The zero-order chi connectivity index (χ0) is 13.8. The lowest BCUT2D eigenvalue weighted by atomic mass is 10.0. The second-order valence-electron chi connectivity index (χ2n) is 4.60. The summed E-state index contributed by atoms with van der Waals surface area (Å²) in [5.74, 6) is 1.05. The molecule has 1 unspecified atom stereocenters. The van der Waals surface area contributed by atoms with E-state index in [0.29, 0.717) is 23.2 Å². The van der Waals surface area contributed by atoms with E-state index in [1.54, 1.807) is 25.1 Å². The van der Waals surface area contributed by atoms with Gasteiger partial charge in [-0.2, -0.15) is 0 Å². The predicted molar refractivity (Wildman–Crippen MR) is 78.6 cm³/mol. The van der Waals surface area contributed by atoms with E-state index >= 15 is 0 Å². The lowest BCUT2D eigenvalue weighted by Crippen LogP contribution is -2.49. The maximum atomic E-state index is 11.9. The van der Waals surface area contributed by atoms with Gasteiger partial charge in [0.2, 0.25) is 0 Å². The standard InChI is InChI=1S/C13H16BrClN2O2/c1-8(13(18)17-7-9-5-16-6-9)19-12-3-2-10(15)4-11(12)14/h2-4,8-9,16H,5-7H2,1H3,(H,17,18). The van der Waals surface area contributed by atoms with Gasteiger partial charge in [-0.3, -0.25) is 4.79 Å². The summed E-state index contributed by atoms with van der Waals surface area (Å²) in [5, 5.41) is 6.67. The molecule has 1 amide bonds. The highest BCUT2D eigenvalue weighted by Gasteiger charge is 2.20. The van der Waals surface area contributed by atoms with Crippen molar-refractivity contribution in [3.05, 3.63) is 27.7 Å². The molecule has 0 spiro atoms. The van der Waals surface area contributed by atoms with Crippen LogP contribution in [0.25, 0.3) is 0 Å². The van der Waals surface area contributed by atoms with Crippen LogP contribution in [0.2, 0.25) is 5.02 Å². The topological polar surface area (TPSA) is 50.4 Å². The molecule has 1 aromatic rings. The van der Waals surface area contributed by atoms with E-state index in [-0.39, 0.29) is 5.91 Å². The molecule has 0 saturated carbocycles. The molecule has 1 heterocycles. The van der Waals surface area contributed by atoms with E-state index < -0.39 is 6.10 Å². The molecule has 0 radical (unpaired) electrons. The van der Waals surface area contributed by atoms with Gasteiger partial charge >= 0.3 is 0 Å². The molecular weight excluding hydrogens is 332 g/mol. The van der Waals surface area contributed by atoms with E-state index in [1.807, 2.05) is 0 Å². The van der Waals surface area contributed by atoms with Gasteiger partial charge in [0.1, 0.15) is 5.75 Å². The van der Waals surface area contributed by atoms with Crippen molar-refractivity contribution >= 4 is 33.4 Å². The zero-order valence-electron chi connectivity index (χ0n) is 10.6. The Labute approximate surface area is 126 Å². The molecule has 6 heteroatoms. The summed E-state index contributed by atoms with van der Waals surface area (Å²) in [6.07, 6.45) is -0.537. The molecule has 2 rings (SSSR count). The number of amides is 1. The second-order valence-corrected chi connectivity index (χ2v) is 5.90. The molecule has 1 aromatic carbocycles. The van der Waals surface area contributed by atoms with Gasteiger partial charge in [0.25, 0.3) is 5.91 Å². The smallest absolute Gasteiger partial charge is 0.260 e. The van der Waals surface area contributed by atoms with Gasteiger partial charge in [0.05, 0.1) is 4.47 Å². The Bertz CT molecular complexity index is 466. The quantitative estimate of drug-likeness (QED) is 0.858. The molecule has 1 atom stereocenters. The number of nitrogens with one attached hydrogen (secondary N) is 2. The van der Waals surface area contributed by atoms with Crippen molar-refractivity contribution in [1.29, 1.82) is 0 Å². The molecule has 1 saturated heterocycles. The molecule has 104 valence electrons. The Morgan fingerprint density at radius 1 is 1.63 bits per heavy atom. The zero-order valence-corrected chi connectivity index (χ0v) is 12.9. The summed E-state index contributed by atoms with van der Waals surface area (Å²) in [7, 11) is 0. The number of benzene rings is 1. The molecule has 2 N–H and O–H groups in total. The van der Waals surface area contributed by atoms with E-state index in [0.717, 1.165) is 17.6 Å². The van der Waals surface area contributed by atoms with Gasteiger partial charge in [0.15, 0.2) is 6.10 Å². The molecule has 4 nitrogen and oxygen atoms in total. The first-order chi connectivity index (χ1) is 9.06. The van der Waals surface area contributed by atoms with Crippen LogP contribution in [0.3, 0.4) is 0 Å². The molecule has 0 aromatic heterocycles. The summed E-state index contributed by atoms with van der Waals surface area (Å²) >= 11 is 9.21. The Morgan fingerprint density at radius 2 is 2.37 bits per heavy atom. The number of rotatable bonds is 5. The minimum absolute atomic E-state index is 0.103. The number of hydrogen-bond acceptors (Lipinski definition) is 3. The van der Waals surface area contributed by atoms with Gasteiger partial charge in [-0.25, -0.2) is 0 Å². The van der Waals surface area contributed by atoms with Crippen molar-refractivity contribution in [3.63, 3.8) is 0 Å². The van der Waals surface area contributed by atoms with Crippen LogP contribution in [0.15, 0.2) is 22.7 Å². The van der Waals surface area contributed by atoms with Crippen molar-refractivity contribution in [2.24, 2.45) is 5.92 Å². The fourth-order valence-corrected chi connectivity index (χ4v) is 2.47. The SMILES string of the molecule is CC(Oc1ccc(Cl)cc1Br)C(=O)NCC1CNC1. The fraction of sp³-hybridized carbons (Fsp3) is 0.462. The third kappa shape index (κ3) is 4.09. The Kier molecular flexibility index (Phi) is 5.07. The molecule has 1 aliphatic rings. The summed E-state index contributed by atoms with van der Waals surface area (Å²) in [6.45, 7) is 4.37. The third-order valence-electron chi connectivity index (χ3n) is 3.00. The first-order valence-electron chi connectivity index (χ1n) is 6.16. The summed E-state index contributed by atoms with van der Waals surface area (Å²) in [6, 6.07) is 5.21. The van der Waals surface area contributed by atoms with Crippen LogP contribution < -0.4 is 15.4 Å². The van der Waals surface area contributed by atoms with Crippen LogP contribution in [0.4, 0.5) is 0 Å². The number of hydrogen-bond donors (Lipinski definition) is 2. The van der Waals surface area contributed by atoms with Gasteiger partial charge in [0, 0.05) is 30.6 Å². The van der Waals surface area contributed by atoms with E-state index in [1.165, 1.54) is 0 Å². The number of ether oxygens (including phenoxy) is 1. The van der Waals surface area contributed by atoms with E-state index in [4.69, 9.17) is 16.3 Å². The molecular formula is C13H16BrClN2O2. The van der Waals surface area contributed by atoms with Crippen molar-refractivity contribution in [3.8, 4) is 5.75 Å². The van der Waals surface area contributed by atoms with Crippen LogP contribution in [-0.4, -0.2) is 31.6 Å². The van der Waals surface area contributed by atoms with Crippen LogP contribution in [0.1, 0.15) is 6.92 Å². The highest BCUT2D eigenvalue weighted by molar-refractivity contribution is 9.10. The van der Waals surface area contributed by atoms with Crippen LogP contribution in [0, 0.1) is 5.92 Å². The molecule has 0 aliphatic carbocycles. The highest BCUT2D eigenvalue weighted by Crippen LogP contribution is 2.28. The van der Waals surface area contributed by atoms with Crippen molar-refractivity contribution in [2.45, 2.75) is 13.0 Å². The third-order valence-corrected chi connectivity index (χ3v) is 3.85. The van der Waals surface area contributed by atoms with Crippen LogP contribution in [-0.2, 0) is 4.79 Å². The molecule has 19 heavy (non-hydrogen) atoms. The summed E-state index contributed by atoms with van der Waals surface area (Å²) in [5.41, 5.74) is 0. The normalized spacial score (nSPS) is 16.6. The van der Waals surface area contributed by atoms with E-state index in [2.05, 4.69) is 26.6 Å². The molecule has 0 bridgehead atoms. The average Bonchev–Trinajstić information content (AvgIpc) is 2.30. The lowest BCUT2D eigenvalue weighted by molar-refractivity contribution is -0.127. The fourth-order valence-electron chi connectivity index (χ4n) is 1.70.